The first-order valence-electron chi connectivity index (χ1n) is 3.17. The Kier molecular flexibility index (Phi) is 3.03. The number of hydrogen-bond donors (Lipinski definition) is 0. The highest BCUT2D eigenvalue weighted by Crippen LogP contribution is 2.27. The van der Waals surface area contributed by atoms with Crippen molar-refractivity contribution < 1.29 is 4.74 Å². The average molecular weight is 191 g/mol. The molecule has 0 aliphatic heterocycles. The van der Waals surface area contributed by atoms with Crippen LogP contribution in [0, 0.1) is 0 Å². The highest BCUT2D eigenvalue weighted by Gasteiger charge is 2.04. The lowest BCUT2D eigenvalue weighted by Crippen LogP contribution is -1.89. The Hall–Kier alpha value is -0.400. The molecule has 1 aromatic carbocycles. The molecule has 0 bridgehead atoms. The van der Waals surface area contributed by atoms with Crippen LogP contribution >= 0.6 is 23.2 Å². The van der Waals surface area contributed by atoms with E-state index in [1.54, 1.807) is 13.2 Å². The molecule has 60 valence electrons. The minimum atomic E-state index is 0.378. The van der Waals surface area contributed by atoms with Crippen LogP contribution in [0.15, 0.2) is 18.2 Å². The van der Waals surface area contributed by atoms with Crippen molar-refractivity contribution in [1.82, 2.24) is 0 Å². The van der Waals surface area contributed by atoms with Crippen LogP contribution in [0.3, 0.4) is 0 Å². The van der Waals surface area contributed by atoms with Crippen molar-refractivity contribution in [2.24, 2.45) is 0 Å². The van der Waals surface area contributed by atoms with Gasteiger partial charge in [0.05, 0.1) is 13.0 Å². The Balaban J connectivity index is 3.13. The van der Waals surface area contributed by atoms with Crippen molar-refractivity contribution in [2.45, 2.75) is 5.88 Å². The summed E-state index contributed by atoms with van der Waals surface area (Å²) in [6.07, 6.45) is 0. The van der Waals surface area contributed by atoms with Crippen molar-refractivity contribution in [3.63, 3.8) is 0 Å². The van der Waals surface area contributed by atoms with Gasteiger partial charge in [-0.05, 0) is 12.1 Å². The third-order valence-electron chi connectivity index (χ3n) is 1.43. The van der Waals surface area contributed by atoms with E-state index in [9.17, 15) is 0 Å². The van der Waals surface area contributed by atoms with Gasteiger partial charge in [-0.1, -0.05) is 17.7 Å². The van der Waals surface area contributed by atoms with Crippen LogP contribution in [0.2, 0.25) is 5.02 Å². The summed E-state index contributed by atoms with van der Waals surface area (Å²) in [6.45, 7) is 0. The normalized spacial score (nSPS) is 9.73. The van der Waals surface area contributed by atoms with Crippen molar-refractivity contribution in [2.75, 3.05) is 7.11 Å². The van der Waals surface area contributed by atoms with Gasteiger partial charge in [-0.3, -0.25) is 0 Å². The number of hydrogen-bond acceptors (Lipinski definition) is 1. The van der Waals surface area contributed by atoms with Crippen LogP contribution in [-0.2, 0) is 5.88 Å². The lowest BCUT2D eigenvalue weighted by Gasteiger charge is -2.06. The van der Waals surface area contributed by atoms with Gasteiger partial charge < -0.3 is 4.74 Å². The third kappa shape index (κ3) is 1.79. The zero-order valence-corrected chi connectivity index (χ0v) is 7.62. The molecule has 0 atom stereocenters. The van der Waals surface area contributed by atoms with E-state index < -0.39 is 0 Å². The number of alkyl halides is 1. The molecule has 0 fully saturated rings. The number of methoxy groups -OCH3 is 1. The Labute approximate surface area is 75.9 Å². The molecule has 0 aromatic heterocycles. The van der Waals surface area contributed by atoms with Gasteiger partial charge in [-0.15, -0.1) is 11.6 Å². The highest BCUT2D eigenvalue weighted by molar-refractivity contribution is 6.32. The first kappa shape index (κ1) is 8.69. The summed E-state index contributed by atoms with van der Waals surface area (Å²) in [7, 11) is 1.60. The molecule has 1 nitrogen and oxygen atoms in total. The van der Waals surface area contributed by atoms with E-state index in [-0.39, 0.29) is 0 Å². The average Bonchev–Trinajstić information content (AvgIpc) is 2.04. The van der Waals surface area contributed by atoms with Crippen LogP contribution in [0.25, 0.3) is 0 Å². The summed E-state index contributed by atoms with van der Waals surface area (Å²) in [5.74, 6) is 1.12. The lowest BCUT2D eigenvalue weighted by atomic mass is 10.2. The summed E-state index contributed by atoms with van der Waals surface area (Å²) in [4.78, 5) is 0. The van der Waals surface area contributed by atoms with Crippen molar-refractivity contribution in [3.05, 3.63) is 28.8 Å². The van der Waals surface area contributed by atoms with Gasteiger partial charge in [-0.25, -0.2) is 0 Å². The van der Waals surface area contributed by atoms with Gasteiger partial charge in [0, 0.05) is 10.6 Å². The van der Waals surface area contributed by atoms with E-state index in [4.69, 9.17) is 27.9 Å². The van der Waals surface area contributed by atoms with Gasteiger partial charge in [0.25, 0.3) is 0 Å². The van der Waals surface area contributed by atoms with Gasteiger partial charge in [0.1, 0.15) is 5.75 Å². The molecule has 0 saturated heterocycles. The molecule has 0 radical (unpaired) electrons. The quantitative estimate of drug-likeness (QED) is 0.652. The smallest absolute Gasteiger partial charge is 0.124 e. The van der Waals surface area contributed by atoms with E-state index in [2.05, 4.69) is 0 Å². The Morgan fingerprint density at radius 1 is 1.45 bits per heavy atom. The summed E-state index contributed by atoms with van der Waals surface area (Å²) in [6, 6.07) is 5.46. The molecule has 0 aliphatic carbocycles. The largest absolute Gasteiger partial charge is 0.496 e. The molecule has 0 aliphatic rings. The Morgan fingerprint density at radius 2 is 2.18 bits per heavy atom. The second-order valence-electron chi connectivity index (χ2n) is 2.05. The van der Waals surface area contributed by atoms with E-state index in [1.165, 1.54) is 0 Å². The first-order chi connectivity index (χ1) is 5.29. The molecule has 0 spiro atoms. The SMILES string of the molecule is COc1cccc(Cl)c1CCl. The molecule has 11 heavy (non-hydrogen) atoms. The second kappa shape index (κ2) is 3.84. The number of halogens is 2. The fourth-order valence-corrected chi connectivity index (χ4v) is 1.44. The zero-order chi connectivity index (χ0) is 8.27. The fraction of sp³-hybridized carbons (Fsp3) is 0.250. The monoisotopic (exact) mass is 190 g/mol. The maximum Gasteiger partial charge on any atom is 0.124 e. The molecule has 0 heterocycles. The minimum Gasteiger partial charge on any atom is -0.496 e. The number of benzene rings is 1. The van der Waals surface area contributed by atoms with Crippen LogP contribution < -0.4 is 4.74 Å². The van der Waals surface area contributed by atoms with E-state index in [0.717, 1.165) is 11.3 Å². The molecule has 0 saturated carbocycles. The molecule has 1 rings (SSSR count). The van der Waals surface area contributed by atoms with E-state index in [1.807, 2.05) is 12.1 Å². The molecular weight excluding hydrogens is 183 g/mol. The van der Waals surface area contributed by atoms with Gasteiger partial charge in [-0.2, -0.15) is 0 Å². The summed E-state index contributed by atoms with van der Waals surface area (Å²) in [5.41, 5.74) is 0.846. The molecule has 0 unspecified atom stereocenters. The topological polar surface area (TPSA) is 9.23 Å². The molecular formula is C8H8Cl2O. The van der Waals surface area contributed by atoms with Crippen molar-refractivity contribution >= 4 is 23.2 Å². The second-order valence-corrected chi connectivity index (χ2v) is 2.73. The zero-order valence-electron chi connectivity index (χ0n) is 6.10. The fourth-order valence-electron chi connectivity index (χ4n) is 0.860. The first-order valence-corrected chi connectivity index (χ1v) is 4.08. The number of rotatable bonds is 2. The van der Waals surface area contributed by atoms with Crippen LogP contribution in [-0.4, -0.2) is 7.11 Å². The lowest BCUT2D eigenvalue weighted by molar-refractivity contribution is 0.411. The van der Waals surface area contributed by atoms with Crippen molar-refractivity contribution in [3.8, 4) is 5.75 Å². The van der Waals surface area contributed by atoms with E-state index in [0.29, 0.717) is 10.9 Å². The summed E-state index contributed by atoms with van der Waals surface area (Å²) in [5, 5.41) is 0.652. The summed E-state index contributed by atoms with van der Waals surface area (Å²) < 4.78 is 5.05. The molecule has 1 aromatic rings. The van der Waals surface area contributed by atoms with Gasteiger partial charge in [0.2, 0.25) is 0 Å². The van der Waals surface area contributed by atoms with Gasteiger partial charge in [0.15, 0.2) is 0 Å². The van der Waals surface area contributed by atoms with Crippen LogP contribution in [0.1, 0.15) is 5.56 Å². The maximum absolute atomic E-state index is 5.84. The van der Waals surface area contributed by atoms with E-state index >= 15 is 0 Å². The van der Waals surface area contributed by atoms with Gasteiger partial charge >= 0.3 is 0 Å². The minimum absolute atomic E-state index is 0.378. The van der Waals surface area contributed by atoms with Crippen LogP contribution in [0.5, 0.6) is 5.75 Å². The molecule has 0 N–H and O–H groups in total. The Bertz CT molecular complexity index is 248. The Morgan fingerprint density at radius 3 is 2.64 bits per heavy atom. The highest BCUT2D eigenvalue weighted by atomic mass is 35.5. The molecule has 0 amide bonds. The van der Waals surface area contributed by atoms with Crippen molar-refractivity contribution in [1.29, 1.82) is 0 Å². The standard InChI is InChI=1S/C8H8Cl2O/c1-11-8-4-2-3-7(10)6(8)5-9/h2-4H,5H2,1H3. The van der Waals surface area contributed by atoms with Crippen LogP contribution in [0.4, 0.5) is 0 Å². The predicted octanol–water partition coefficient (Wildman–Crippen LogP) is 3.09. The summed E-state index contributed by atoms with van der Waals surface area (Å²) >= 11 is 11.5. The molecule has 3 heteroatoms. The third-order valence-corrected chi connectivity index (χ3v) is 2.05. The predicted molar refractivity (Wildman–Crippen MR) is 47.6 cm³/mol. The number of ether oxygens (including phenoxy) is 1. The maximum atomic E-state index is 5.84.